The van der Waals surface area contributed by atoms with E-state index in [1.165, 1.54) is 31.3 Å². The Labute approximate surface area is 223 Å². The molecule has 37 heavy (non-hydrogen) atoms. The predicted molar refractivity (Wildman–Crippen MR) is 146 cm³/mol. The van der Waals surface area contributed by atoms with Gasteiger partial charge in [0.1, 0.15) is 6.10 Å². The normalized spacial score (nSPS) is 34.5. The molecule has 1 aromatic carbocycles. The summed E-state index contributed by atoms with van der Waals surface area (Å²) in [6.07, 6.45) is 14.8. The Morgan fingerprint density at radius 2 is 1.81 bits per heavy atom. The first-order chi connectivity index (χ1) is 17.9. The summed E-state index contributed by atoms with van der Waals surface area (Å²) in [5.74, 6) is 2.68. The molecule has 4 nitrogen and oxygen atoms in total. The average molecular weight is 507 g/mol. The van der Waals surface area contributed by atoms with Crippen molar-refractivity contribution < 1.29 is 19.1 Å². The van der Waals surface area contributed by atoms with E-state index >= 15 is 0 Å². The van der Waals surface area contributed by atoms with Crippen LogP contribution in [0.2, 0.25) is 0 Å². The van der Waals surface area contributed by atoms with E-state index in [4.69, 9.17) is 9.47 Å². The molecule has 0 aliphatic heterocycles. The second kappa shape index (κ2) is 11.0. The fourth-order valence-electron chi connectivity index (χ4n) is 8.39. The van der Waals surface area contributed by atoms with Gasteiger partial charge < -0.3 is 9.47 Å². The lowest BCUT2D eigenvalue weighted by molar-refractivity contribution is -0.186. The standard InChI is InChI=1S/C33H46O4/c1-4-5-6-10-21-36-33(3,24-11-8-7-9-12-24)31(35)37-30-18-17-29-28-15-13-23-22-25(34)14-16-26(23)27(28)19-20-32(29,30)2/h7-9,11-12,22,26-30H,4-6,10,13-21H2,1-3H3/t26-,27+,28+,29-,30-,32-,33?/m0/s1. The number of hydrogen-bond donors (Lipinski definition) is 0. The molecule has 4 aliphatic rings. The number of hydrogen-bond acceptors (Lipinski definition) is 4. The summed E-state index contributed by atoms with van der Waals surface area (Å²) in [7, 11) is 0. The van der Waals surface area contributed by atoms with Gasteiger partial charge in [-0.25, -0.2) is 4.79 Å². The molecule has 0 spiro atoms. The van der Waals surface area contributed by atoms with Crippen LogP contribution >= 0.6 is 0 Å². The molecule has 3 fully saturated rings. The minimum absolute atomic E-state index is 0.0290. The molecule has 0 heterocycles. The maximum Gasteiger partial charge on any atom is 0.343 e. The van der Waals surface area contributed by atoms with Gasteiger partial charge in [0.25, 0.3) is 0 Å². The summed E-state index contributed by atoms with van der Waals surface area (Å²) in [6.45, 7) is 7.05. The summed E-state index contributed by atoms with van der Waals surface area (Å²) in [6, 6.07) is 9.89. The van der Waals surface area contributed by atoms with Crippen LogP contribution in [0.5, 0.6) is 0 Å². The third-order valence-corrected chi connectivity index (χ3v) is 10.6. The third kappa shape index (κ3) is 5.07. The van der Waals surface area contributed by atoms with Crippen LogP contribution in [0.3, 0.4) is 0 Å². The highest BCUT2D eigenvalue weighted by Crippen LogP contribution is 2.62. The van der Waals surface area contributed by atoms with Crippen molar-refractivity contribution in [2.24, 2.45) is 29.1 Å². The smallest absolute Gasteiger partial charge is 0.343 e. The first-order valence-electron chi connectivity index (χ1n) is 15.0. The van der Waals surface area contributed by atoms with Crippen LogP contribution in [0.4, 0.5) is 0 Å². The molecule has 202 valence electrons. The van der Waals surface area contributed by atoms with Gasteiger partial charge in [-0.15, -0.1) is 0 Å². The van der Waals surface area contributed by atoms with E-state index in [-0.39, 0.29) is 17.5 Å². The minimum Gasteiger partial charge on any atom is -0.459 e. The molecule has 0 bridgehead atoms. The van der Waals surface area contributed by atoms with E-state index in [9.17, 15) is 9.59 Å². The summed E-state index contributed by atoms with van der Waals surface area (Å²) < 4.78 is 12.8. The van der Waals surface area contributed by atoms with Gasteiger partial charge in [-0.3, -0.25) is 4.79 Å². The zero-order chi connectivity index (χ0) is 26.0. The molecule has 4 heteroatoms. The van der Waals surface area contributed by atoms with Crippen LogP contribution in [0.25, 0.3) is 0 Å². The van der Waals surface area contributed by atoms with Crippen molar-refractivity contribution in [3.05, 3.63) is 47.5 Å². The second-order valence-electron chi connectivity index (χ2n) is 12.6. The maximum atomic E-state index is 13.9. The van der Waals surface area contributed by atoms with Crippen LogP contribution in [0.15, 0.2) is 42.0 Å². The Kier molecular flexibility index (Phi) is 7.96. The largest absolute Gasteiger partial charge is 0.459 e. The molecule has 0 saturated heterocycles. The van der Waals surface area contributed by atoms with Crippen molar-refractivity contribution in [2.75, 3.05) is 6.61 Å². The highest BCUT2D eigenvalue weighted by atomic mass is 16.6. The summed E-state index contributed by atoms with van der Waals surface area (Å²) in [5, 5.41) is 0. The number of carbonyl (C=O) groups excluding carboxylic acids is 2. The summed E-state index contributed by atoms with van der Waals surface area (Å²) in [4.78, 5) is 25.9. The van der Waals surface area contributed by atoms with Crippen molar-refractivity contribution in [1.29, 1.82) is 0 Å². The Bertz CT molecular complexity index is 999. The Hall–Kier alpha value is -1.94. The van der Waals surface area contributed by atoms with Crippen molar-refractivity contribution in [1.82, 2.24) is 0 Å². The van der Waals surface area contributed by atoms with E-state index < -0.39 is 5.60 Å². The number of benzene rings is 1. The Balaban J connectivity index is 1.29. The van der Waals surface area contributed by atoms with E-state index in [1.807, 2.05) is 43.3 Å². The van der Waals surface area contributed by atoms with Gasteiger partial charge in [0.15, 0.2) is 11.4 Å². The Morgan fingerprint density at radius 1 is 1.00 bits per heavy atom. The summed E-state index contributed by atoms with van der Waals surface area (Å²) in [5.41, 5.74) is 1.24. The topological polar surface area (TPSA) is 52.6 Å². The van der Waals surface area contributed by atoms with Gasteiger partial charge in [-0.2, -0.15) is 0 Å². The second-order valence-corrected chi connectivity index (χ2v) is 12.6. The molecule has 1 aromatic rings. The number of ether oxygens (including phenoxy) is 2. The van der Waals surface area contributed by atoms with Crippen molar-refractivity contribution in [3.8, 4) is 0 Å². The lowest BCUT2D eigenvalue weighted by Gasteiger charge is -2.53. The quantitative estimate of drug-likeness (QED) is 0.256. The lowest BCUT2D eigenvalue weighted by atomic mass is 9.52. The van der Waals surface area contributed by atoms with Gasteiger partial charge in [0.2, 0.25) is 0 Å². The monoisotopic (exact) mass is 506 g/mol. The van der Waals surface area contributed by atoms with Gasteiger partial charge in [0.05, 0.1) is 0 Å². The van der Waals surface area contributed by atoms with Gasteiger partial charge in [-0.1, -0.05) is 69.0 Å². The average Bonchev–Trinajstić information content (AvgIpc) is 3.24. The van der Waals surface area contributed by atoms with Gasteiger partial charge in [0, 0.05) is 18.4 Å². The predicted octanol–water partition coefficient (Wildman–Crippen LogP) is 7.55. The third-order valence-electron chi connectivity index (χ3n) is 10.6. The molecule has 0 radical (unpaired) electrons. The number of fused-ring (bicyclic) bond motifs is 5. The number of rotatable bonds is 9. The highest BCUT2D eigenvalue weighted by molar-refractivity contribution is 5.91. The molecule has 0 N–H and O–H groups in total. The molecule has 4 aliphatic carbocycles. The molecular formula is C33H46O4. The fourth-order valence-corrected chi connectivity index (χ4v) is 8.39. The molecule has 0 amide bonds. The van der Waals surface area contributed by atoms with Crippen molar-refractivity contribution >= 4 is 11.8 Å². The maximum absolute atomic E-state index is 13.9. The van der Waals surface area contributed by atoms with Crippen molar-refractivity contribution in [3.63, 3.8) is 0 Å². The lowest BCUT2D eigenvalue weighted by Crippen LogP contribution is -2.49. The number of esters is 1. The number of ketones is 1. The number of allylic oxidation sites excluding steroid dienone is 1. The van der Waals surface area contributed by atoms with E-state index in [1.54, 1.807) is 0 Å². The molecule has 5 rings (SSSR count). The zero-order valence-electron chi connectivity index (χ0n) is 23.2. The molecule has 3 saturated carbocycles. The van der Waals surface area contributed by atoms with Crippen LogP contribution in [0, 0.1) is 29.1 Å². The van der Waals surface area contributed by atoms with E-state index in [2.05, 4.69) is 13.8 Å². The number of unbranched alkanes of at least 4 members (excludes halogenated alkanes) is 3. The van der Waals surface area contributed by atoms with Crippen molar-refractivity contribution in [2.45, 2.75) is 110 Å². The minimum atomic E-state index is -1.09. The van der Waals surface area contributed by atoms with E-state index in [0.717, 1.165) is 56.9 Å². The van der Waals surface area contributed by atoms with Crippen LogP contribution in [-0.4, -0.2) is 24.5 Å². The first-order valence-corrected chi connectivity index (χ1v) is 15.0. The van der Waals surface area contributed by atoms with Gasteiger partial charge >= 0.3 is 5.97 Å². The zero-order valence-corrected chi connectivity index (χ0v) is 23.2. The Morgan fingerprint density at radius 3 is 2.59 bits per heavy atom. The molecule has 7 atom stereocenters. The molecule has 1 unspecified atom stereocenters. The van der Waals surface area contributed by atoms with Gasteiger partial charge in [-0.05, 0) is 93.6 Å². The molecular weight excluding hydrogens is 460 g/mol. The first kappa shape index (κ1) is 26.7. The highest BCUT2D eigenvalue weighted by Gasteiger charge is 2.58. The SMILES string of the molecule is CCCCCCOC(C)(C(=O)O[C@H]1CC[C@H]2[C@@H]3CCC4=CC(=O)CC[C@@H]4[C@H]3CC[C@]12C)c1ccccc1. The van der Waals surface area contributed by atoms with E-state index in [0.29, 0.717) is 36.1 Å². The van der Waals surface area contributed by atoms with Crippen LogP contribution in [-0.2, 0) is 24.7 Å². The van der Waals surface area contributed by atoms with Crippen LogP contribution < -0.4 is 0 Å². The number of carbonyl (C=O) groups is 2. The van der Waals surface area contributed by atoms with Crippen LogP contribution in [0.1, 0.15) is 103 Å². The molecule has 0 aromatic heterocycles. The summed E-state index contributed by atoms with van der Waals surface area (Å²) >= 11 is 0. The fraction of sp³-hybridized carbons (Fsp3) is 0.697.